The maximum Gasteiger partial charge on any atom is 0.260 e. The molecule has 3 rings (SSSR count). The van der Waals surface area contributed by atoms with E-state index in [9.17, 15) is 13.2 Å². The fraction of sp³-hybridized carbons (Fsp3) is 0.417. The van der Waals surface area contributed by atoms with Gasteiger partial charge in [-0.25, -0.2) is 13.4 Å². The predicted octanol–water partition coefficient (Wildman–Crippen LogP) is 4.66. The number of anilines is 1. The molecule has 3 aromatic rings. The number of aromatic nitrogens is 1. The molecule has 0 radical (unpaired) electrons. The molecular weight excluding hydrogens is 492 g/mol. The molecule has 0 aliphatic heterocycles. The first kappa shape index (κ1) is 28.2. The first-order valence-electron chi connectivity index (χ1n) is 11.1. The maximum absolute atomic E-state index is 13.5. The van der Waals surface area contributed by atoms with Gasteiger partial charge >= 0.3 is 0 Å². The van der Waals surface area contributed by atoms with Crippen LogP contribution in [0.4, 0.5) is 5.13 Å². The SMILES string of the molecule is CCN(CC)S(=O)(=O)c1ccc(C(=O)N(CCCN(C)C)c2nc3ccc(C)cc3s2)cc1.Cl. The van der Waals surface area contributed by atoms with E-state index in [4.69, 9.17) is 4.98 Å². The molecule has 10 heteroatoms. The second-order valence-electron chi connectivity index (χ2n) is 8.19. The summed E-state index contributed by atoms with van der Waals surface area (Å²) < 4.78 is 28.0. The predicted molar refractivity (Wildman–Crippen MR) is 143 cm³/mol. The third kappa shape index (κ3) is 6.34. The molecule has 0 unspecified atom stereocenters. The number of carbonyl (C=O) groups is 1. The summed E-state index contributed by atoms with van der Waals surface area (Å²) in [5.74, 6) is -0.184. The van der Waals surface area contributed by atoms with Gasteiger partial charge in [-0.3, -0.25) is 9.69 Å². The van der Waals surface area contributed by atoms with Gasteiger partial charge in [0.2, 0.25) is 10.0 Å². The second-order valence-corrected chi connectivity index (χ2v) is 11.1. The van der Waals surface area contributed by atoms with Crippen molar-refractivity contribution in [2.75, 3.05) is 45.2 Å². The molecule has 7 nitrogen and oxygen atoms in total. The van der Waals surface area contributed by atoms with Crippen LogP contribution in [0.25, 0.3) is 10.2 Å². The molecule has 186 valence electrons. The van der Waals surface area contributed by atoms with E-state index in [1.54, 1.807) is 17.0 Å². The highest BCUT2D eigenvalue weighted by Gasteiger charge is 2.24. The van der Waals surface area contributed by atoms with Crippen molar-refractivity contribution >= 4 is 55.0 Å². The lowest BCUT2D eigenvalue weighted by molar-refractivity contribution is 0.0986. The van der Waals surface area contributed by atoms with Gasteiger partial charge in [-0.1, -0.05) is 31.3 Å². The average molecular weight is 525 g/mol. The highest BCUT2D eigenvalue weighted by atomic mass is 35.5. The second kappa shape index (κ2) is 12.1. The summed E-state index contributed by atoms with van der Waals surface area (Å²) >= 11 is 1.50. The zero-order chi connectivity index (χ0) is 24.2. The number of sulfonamides is 1. The highest BCUT2D eigenvalue weighted by Crippen LogP contribution is 2.31. The summed E-state index contributed by atoms with van der Waals surface area (Å²) in [6, 6.07) is 12.3. The zero-order valence-corrected chi connectivity index (χ0v) is 22.8. The number of fused-ring (bicyclic) bond motifs is 1. The lowest BCUT2D eigenvalue weighted by Gasteiger charge is -2.22. The van der Waals surface area contributed by atoms with Crippen molar-refractivity contribution in [1.82, 2.24) is 14.2 Å². The Morgan fingerprint density at radius 2 is 1.65 bits per heavy atom. The number of halogens is 1. The minimum absolute atomic E-state index is 0. The largest absolute Gasteiger partial charge is 0.309 e. The molecule has 1 heterocycles. The Balaban J connectivity index is 0.00000408. The summed E-state index contributed by atoms with van der Waals surface area (Å²) in [6.07, 6.45) is 0.794. The van der Waals surface area contributed by atoms with Crippen molar-refractivity contribution in [1.29, 1.82) is 0 Å². The Labute approximate surface area is 212 Å². The van der Waals surface area contributed by atoms with E-state index in [2.05, 4.69) is 11.0 Å². The summed E-state index contributed by atoms with van der Waals surface area (Å²) in [5.41, 5.74) is 2.45. The van der Waals surface area contributed by atoms with Gasteiger partial charge in [-0.2, -0.15) is 4.31 Å². The number of rotatable bonds is 10. The third-order valence-electron chi connectivity index (χ3n) is 5.44. The average Bonchev–Trinajstić information content (AvgIpc) is 3.19. The lowest BCUT2D eigenvalue weighted by Crippen LogP contribution is -2.33. The van der Waals surface area contributed by atoms with E-state index < -0.39 is 10.0 Å². The fourth-order valence-corrected chi connectivity index (χ4v) is 6.15. The first-order valence-corrected chi connectivity index (χ1v) is 13.4. The number of thiazole rings is 1. The maximum atomic E-state index is 13.5. The topological polar surface area (TPSA) is 73.8 Å². The first-order chi connectivity index (χ1) is 15.7. The quantitative estimate of drug-likeness (QED) is 0.386. The van der Waals surface area contributed by atoms with E-state index in [0.29, 0.717) is 30.3 Å². The van der Waals surface area contributed by atoms with Crippen molar-refractivity contribution in [2.24, 2.45) is 0 Å². The van der Waals surface area contributed by atoms with Crippen molar-refractivity contribution in [3.8, 4) is 0 Å². The molecule has 2 aromatic carbocycles. The number of nitrogens with zero attached hydrogens (tertiary/aromatic N) is 4. The molecule has 0 aliphatic rings. The van der Waals surface area contributed by atoms with Crippen molar-refractivity contribution < 1.29 is 13.2 Å². The van der Waals surface area contributed by atoms with Gasteiger partial charge < -0.3 is 4.90 Å². The number of benzene rings is 2. The molecule has 34 heavy (non-hydrogen) atoms. The van der Waals surface area contributed by atoms with Crippen molar-refractivity contribution in [2.45, 2.75) is 32.1 Å². The van der Waals surface area contributed by atoms with Gasteiger partial charge in [0.05, 0.1) is 15.1 Å². The molecular formula is C24H33ClN4O3S2. The third-order valence-corrected chi connectivity index (χ3v) is 8.55. The van der Waals surface area contributed by atoms with E-state index >= 15 is 0 Å². The van der Waals surface area contributed by atoms with Gasteiger partial charge in [0.15, 0.2) is 5.13 Å². The molecule has 0 aliphatic carbocycles. The summed E-state index contributed by atoms with van der Waals surface area (Å²) in [6.45, 7) is 7.82. The molecule has 0 fully saturated rings. The van der Waals surface area contributed by atoms with Gasteiger partial charge in [-0.05, 0) is 75.9 Å². The molecule has 0 N–H and O–H groups in total. The van der Waals surface area contributed by atoms with Gasteiger partial charge in [0.1, 0.15) is 0 Å². The summed E-state index contributed by atoms with van der Waals surface area (Å²) in [7, 11) is 0.435. The Kier molecular flexibility index (Phi) is 10.0. The van der Waals surface area contributed by atoms with Crippen LogP contribution in [0.5, 0.6) is 0 Å². The van der Waals surface area contributed by atoms with E-state index in [0.717, 1.165) is 28.7 Å². The summed E-state index contributed by atoms with van der Waals surface area (Å²) in [4.78, 5) is 22.2. The van der Waals surface area contributed by atoms with Crippen LogP contribution in [0, 0.1) is 6.92 Å². The Bertz CT molecular complexity index is 1210. The number of amides is 1. The molecule has 0 saturated carbocycles. The van der Waals surface area contributed by atoms with Crippen molar-refractivity contribution in [3.63, 3.8) is 0 Å². The molecule has 0 saturated heterocycles. The molecule has 0 atom stereocenters. The molecule has 0 spiro atoms. The Hall–Kier alpha value is -2.04. The normalized spacial score (nSPS) is 11.7. The minimum atomic E-state index is -3.57. The molecule has 0 bridgehead atoms. The fourth-order valence-electron chi connectivity index (χ4n) is 3.60. The van der Waals surface area contributed by atoms with Crippen LogP contribution in [-0.2, 0) is 10.0 Å². The molecule has 1 amide bonds. The highest BCUT2D eigenvalue weighted by molar-refractivity contribution is 7.89. The van der Waals surface area contributed by atoms with Crippen LogP contribution in [0.1, 0.15) is 36.2 Å². The van der Waals surface area contributed by atoms with Crippen LogP contribution in [0.15, 0.2) is 47.4 Å². The zero-order valence-electron chi connectivity index (χ0n) is 20.3. The number of hydrogen-bond acceptors (Lipinski definition) is 6. The van der Waals surface area contributed by atoms with E-state index in [1.807, 2.05) is 47.0 Å². The van der Waals surface area contributed by atoms with Gasteiger partial charge in [0.25, 0.3) is 5.91 Å². The Morgan fingerprint density at radius 1 is 1.00 bits per heavy atom. The number of carbonyl (C=O) groups excluding carboxylic acids is 1. The van der Waals surface area contributed by atoms with Crippen molar-refractivity contribution in [3.05, 3.63) is 53.6 Å². The van der Waals surface area contributed by atoms with Crippen LogP contribution in [-0.4, -0.2) is 68.8 Å². The number of aryl methyl sites for hydroxylation is 1. The molecule has 1 aromatic heterocycles. The minimum Gasteiger partial charge on any atom is -0.309 e. The van der Waals surface area contributed by atoms with Crippen LogP contribution >= 0.6 is 23.7 Å². The number of hydrogen-bond donors (Lipinski definition) is 0. The Morgan fingerprint density at radius 3 is 2.24 bits per heavy atom. The van der Waals surface area contributed by atoms with E-state index in [1.165, 1.54) is 27.8 Å². The van der Waals surface area contributed by atoms with Gasteiger partial charge in [0, 0.05) is 25.2 Å². The van der Waals surface area contributed by atoms with Crippen LogP contribution < -0.4 is 4.90 Å². The van der Waals surface area contributed by atoms with Crippen LogP contribution in [0.3, 0.4) is 0 Å². The van der Waals surface area contributed by atoms with Gasteiger partial charge in [-0.15, -0.1) is 12.4 Å². The summed E-state index contributed by atoms with van der Waals surface area (Å²) in [5, 5.41) is 0.652. The van der Waals surface area contributed by atoms with E-state index in [-0.39, 0.29) is 23.2 Å². The monoisotopic (exact) mass is 524 g/mol. The van der Waals surface area contributed by atoms with Crippen LogP contribution in [0.2, 0.25) is 0 Å². The lowest BCUT2D eigenvalue weighted by atomic mass is 10.2. The standard InChI is InChI=1S/C24H32N4O3S2.ClH/c1-6-27(7-2)33(30,31)20-12-10-19(11-13-20)23(29)28(16-8-15-26(4)5)24-25-21-14-9-18(3)17-22(21)32-24;/h9-14,17H,6-8,15-16H2,1-5H3;1H. The smallest absolute Gasteiger partial charge is 0.260 e.